The third kappa shape index (κ3) is 2.82. The maximum Gasteiger partial charge on any atom is 0.297 e. The van der Waals surface area contributed by atoms with Crippen molar-refractivity contribution >= 4 is 49.3 Å². The molecule has 0 unspecified atom stereocenters. The molecule has 0 N–H and O–H groups in total. The Morgan fingerprint density at radius 1 is 1.21 bits per heavy atom. The summed E-state index contributed by atoms with van der Waals surface area (Å²) in [5.74, 6) is -0.955. The van der Waals surface area contributed by atoms with Gasteiger partial charge in [0.2, 0.25) is 5.76 Å². The van der Waals surface area contributed by atoms with Crippen molar-refractivity contribution in [3.63, 3.8) is 0 Å². The Hall–Kier alpha value is -2.84. The van der Waals surface area contributed by atoms with Crippen LogP contribution in [-0.4, -0.2) is 10.9 Å². The number of rotatable bonds is 2. The van der Waals surface area contributed by atoms with Crippen molar-refractivity contribution < 1.29 is 13.6 Å². The highest BCUT2D eigenvalue weighted by Crippen LogP contribution is 2.42. The predicted molar refractivity (Wildman–Crippen MR) is 112 cm³/mol. The van der Waals surface area contributed by atoms with Crippen LogP contribution >= 0.6 is 27.3 Å². The van der Waals surface area contributed by atoms with E-state index in [9.17, 15) is 14.0 Å². The summed E-state index contributed by atoms with van der Waals surface area (Å²) in [5, 5.41) is 2.60. The van der Waals surface area contributed by atoms with Crippen LogP contribution in [0.1, 0.15) is 33.4 Å². The molecule has 1 atom stereocenters. The highest BCUT2D eigenvalue weighted by molar-refractivity contribution is 9.10. The standard InChI is InChI=1S/C21H12BrFN2O3S/c1-10-9-29-21(24-10)25-17(11-3-2-4-13(23)7-11)16-18(26)14-8-12(22)5-6-15(14)28-19(16)20(25)27/h2-9,17H,1H3/t17-/m1/s1. The van der Waals surface area contributed by atoms with E-state index in [-0.39, 0.29) is 16.8 Å². The second-order valence-corrected chi connectivity index (χ2v) is 8.47. The molecule has 2 aromatic carbocycles. The molecule has 0 bridgehead atoms. The Morgan fingerprint density at radius 2 is 2.03 bits per heavy atom. The molecule has 1 amide bonds. The number of benzene rings is 2. The summed E-state index contributed by atoms with van der Waals surface area (Å²) in [6, 6.07) is 10.1. The van der Waals surface area contributed by atoms with Gasteiger partial charge in [-0.15, -0.1) is 11.3 Å². The lowest BCUT2D eigenvalue weighted by atomic mass is 9.98. The van der Waals surface area contributed by atoms with Gasteiger partial charge in [0.25, 0.3) is 5.91 Å². The number of amides is 1. The second-order valence-electron chi connectivity index (χ2n) is 6.72. The maximum absolute atomic E-state index is 14.0. The molecule has 1 aliphatic heterocycles. The van der Waals surface area contributed by atoms with Crippen molar-refractivity contribution in [1.29, 1.82) is 0 Å². The van der Waals surface area contributed by atoms with Gasteiger partial charge in [-0.3, -0.25) is 14.5 Å². The van der Waals surface area contributed by atoms with Crippen LogP contribution in [0, 0.1) is 12.7 Å². The predicted octanol–water partition coefficient (Wildman–Crippen LogP) is 5.21. The van der Waals surface area contributed by atoms with Crippen LogP contribution in [0.5, 0.6) is 0 Å². The van der Waals surface area contributed by atoms with Crippen LogP contribution in [-0.2, 0) is 0 Å². The molecule has 0 radical (unpaired) electrons. The molecule has 0 saturated heterocycles. The number of nitrogens with zero attached hydrogens (tertiary/aromatic N) is 2. The molecule has 8 heteroatoms. The summed E-state index contributed by atoms with van der Waals surface area (Å²) in [5.41, 5.74) is 1.42. The van der Waals surface area contributed by atoms with Crippen LogP contribution < -0.4 is 10.3 Å². The van der Waals surface area contributed by atoms with Crippen molar-refractivity contribution in [1.82, 2.24) is 4.98 Å². The first kappa shape index (κ1) is 18.2. The Kier molecular flexibility index (Phi) is 4.15. The Labute approximate surface area is 176 Å². The molecule has 0 fully saturated rings. The number of aromatic nitrogens is 1. The fraction of sp³-hybridized carbons (Fsp3) is 0.0952. The van der Waals surface area contributed by atoms with E-state index < -0.39 is 17.8 Å². The van der Waals surface area contributed by atoms with Gasteiger partial charge in [-0.2, -0.15) is 0 Å². The van der Waals surface area contributed by atoms with Gasteiger partial charge < -0.3 is 4.42 Å². The number of carbonyl (C=O) groups excluding carboxylic acids is 1. The van der Waals surface area contributed by atoms with E-state index in [0.29, 0.717) is 21.7 Å². The Bertz CT molecular complexity index is 1360. The fourth-order valence-corrected chi connectivity index (χ4v) is 4.77. The smallest absolute Gasteiger partial charge is 0.297 e. The average molecular weight is 471 g/mol. The Morgan fingerprint density at radius 3 is 2.76 bits per heavy atom. The molecule has 5 rings (SSSR count). The monoisotopic (exact) mass is 470 g/mol. The Balaban J connectivity index is 1.84. The highest BCUT2D eigenvalue weighted by atomic mass is 79.9. The number of aryl methyl sites for hydroxylation is 1. The third-order valence-electron chi connectivity index (χ3n) is 4.81. The number of anilines is 1. The number of halogens is 2. The van der Waals surface area contributed by atoms with Crippen molar-refractivity contribution in [2.24, 2.45) is 0 Å². The van der Waals surface area contributed by atoms with Gasteiger partial charge in [0, 0.05) is 9.85 Å². The van der Waals surface area contributed by atoms with Gasteiger partial charge in [0.15, 0.2) is 10.6 Å². The number of thiazole rings is 1. The lowest BCUT2D eigenvalue weighted by Gasteiger charge is -2.22. The number of hydrogen-bond acceptors (Lipinski definition) is 5. The van der Waals surface area contributed by atoms with E-state index in [2.05, 4.69) is 20.9 Å². The van der Waals surface area contributed by atoms with E-state index in [1.54, 1.807) is 30.3 Å². The van der Waals surface area contributed by atoms with Crippen molar-refractivity contribution in [2.75, 3.05) is 4.90 Å². The summed E-state index contributed by atoms with van der Waals surface area (Å²) in [7, 11) is 0. The zero-order valence-electron chi connectivity index (χ0n) is 15.0. The SMILES string of the molecule is Cc1csc(N2C(=O)c3oc4ccc(Br)cc4c(=O)c3[C@H]2c2cccc(F)c2)n1. The molecule has 3 heterocycles. The summed E-state index contributed by atoms with van der Waals surface area (Å²) in [4.78, 5) is 32.5. The zero-order chi connectivity index (χ0) is 20.3. The highest BCUT2D eigenvalue weighted by Gasteiger charge is 2.44. The first-order chi connectivity index (χ1) is 13.9. The van der Waals surface area contributed by atoms with Crippen LogP contribution in [0.15, 0.2) is 61.5 Å². The second kappa shape index (κ2) is 6.60. The molecule has 5 nitrogen and oxygen atoms in total. The summed E-state index contributed by atoms with van der Waals surface area (Å²) in [6.07, 6.45) is 0. The largest absolute Gasteiger partial charge is 0.450 e. The van der Waals surface area contributed by atoms with Crippen LogP contribution in [0.25, 0.3) is 11.0 Å². The summed E-state index contributed by atoms with van der Waals surface area (Å²) >= 11 is 4.65. The van der Waals surface area contributed by atoms with Crippen LogP contribution in [0.4, 0.5) is 9.52 Å². The molecular weight excluding hydrogens is 459 g/mol. The molecular formula is C21H12BrFN2O3S. The lowest BCUT2D eigenvalue weighted by Crippen LogP contribution is -2.29. The minimum absolute atomic E-state index is 0.0352. The minimum Gasteiger partial charge on any atom is -0.450 e. The van der Waals surface area contributed by atoms with E-state index in [4.69, 9.17) is 4.42 Å². The van der Waals surface area contributed by atoms with Crippen LogP contribution in [0.2, 0.25) is 0 Å². The average Bonchev–Trinajstić information content (AvgIpc) is 3.24. The van der Waals surface area contributed by atoms with Crippen molar-refractivity contribution in [3.8, 4) is 0 Å². The van der Waals surface area contributed by atoms with Crippen molar-refractivity contribution in [3.05, 3.63) is 90.9 Å². The molecule has 2 aromatic heterocycles. The summed E-state index contributed by atoms with van der Waals surface area (Å²) in [6.45, 7) is 1.82. The molecule has 4 aromatic rings. The van der Waals surface area contributed by atoms with Crippen molar-refractivity contribution in [2.45, 2.75) is 13.0 Å². The zero-order valence-corrected chi connectivity index (χ0v) is 17.4. The van der Waals surface area contributed by atoms with Crippen LogP contribution in [0.3, 0.4) is 0 Å². The molecule has 0 saturated carbocycles. The fourth-order valence-electron chi connectivity index (χ4n) is 3.59. The molecule has 29 heavy (non-hydrogen) atoms. The quantitative estimate of drug-likeness (QED) is 0.403. The first-order valence-electron chi connectivity index (χ1n) is 8.71. The van der Waals surface area contributed by atoms with E-state index in [1.165, 1.54) is 28.4 Å². The maximum atomic E-state index is 14.0. The normalized spacial score (nSPS) is 15.9. The van der Waals surface area contributed by atoms with Gasteiger partial charge in [0.1, 0.15) is 11.4 Å². The van der Waals surface area contributed by atoms with Gasteiger partial charge in [-0.05, 0) is 42.8 Å². The third-order valence-corrected chi connectivity index (χ3v) is 6.26. The van der Waals surface area contributed by atoms with Gasteiger partial charge in [-0.25, -0.2) is 9.37 Å². The summed E-state index contributed by atoms with van der Waals surface area (Å²) < 4.78 is 20.6. The molecule has 0 aliphatic carbocycles. The number of hydrogen-bond donors (Lipinski definition) is 0. The van der Waals surface area contributed by atoms with Gasteiger partial charge in [-0.1, -0.05) is 28.1 Å². The number of carbonyl (C=O) groups is 1. The van der Waals surface area contributed by atoms with E-state index in [1.807, 2.05) is 12.3 Å². The topological polar surface area (TPSA) is 63.4 Å². The first-order valence-corrected chi connectivity index (χ1v) is 10.4. The lowest BCUT2D eigenvalue weighted by molar-refractivity contribution is 0.0971. The van der Waals surface area contributed by atoms with E-state index >= 15 is 0 Å². The molecule has 1 aliphatic rings. The van der Waals surface area contributed by atoms with Gasteiger partial charge in [0.05, 0.1) is 22.7 Å². The minimum atomic E-state index is -0.821. The van der Waals surface area contributed by atoms with E-state index in [0.717, 1.165) is 10.2 Å². The number of fused-ring (bicyclic) bond motifs is 2. The van der Waals surface area contributed by atoms with Gasteiger partial charge >= 0.3 is 0 Å². The molecule has 144 valence electrons. The molecule has 0 spiro atoms.